The molecule has 1 aliphatic heterocycles. The minimum absolute atomic E-state index is 0.329. The number of hydrogen-bond donors (Lipinski definition) is 0. The zero-order chi connectivity index (χ0) is 32.1. The summed E-state index contributed by atoms with van der Waals surface area (Å²) in [4.78, 5) is 15.5. The zero-order valence-corrected chi connectivity index (χ0v) is 30.4. The van der Waals surface area contributed by atoms with Gasteiger partial charge in [0.1, 0.15) is 12.4 Å². The molecule has 0 radical (unpaired) electrons. The molecule has 0 saturated carbocycles. The summed E-state index contributed by atoms with van der Waals surface area (Å²) in [5, 5.41) is 0. The van der Waals surface area contributed by atoms with Crippen LogP contribution in [0.5, 0.6) is 0 Å². The Morgan fingerprint density at radius 1 is 0.705 bits per heavy atom. The molecule has 0 aliphatic carbocycles. The molecular formula is C41H77NO2. The Hall–Kier alpha value is -1.09. The topological polar surface area (TPSA) is 29.5 Å². The quantitative estimate of drug-likeness (QED) is 0.0441. The number of piperidine rings is 1. The molecule has 1 heterocycles. The molecular weight excluding hydrogens is 538 g/mol. The summed E-state index contributed by atoms with van der Waals surface area (Å²) in [6.07, 6.45) is 37.5. The van der Waals surface area contributed by atoms with Crippen molar-refractivity contribution in [1.29, 1.82) is 0 Å². The van der Waals surface area contributed by atoms with Gasteiger partial charge < -0.3 is 9.64 Å². The average Bonchev–Trinajstić information content (AvgIpc) is 3.02. The number of allylic oxidation sites excluding steroid dienone is 2. The number of unbranched alkanes of at least 4 members (excludes halogenated alkanes) is 13. The predicted octanol–water partition coefficient (Wildman–Crippen LogP) is 12.6. The van der Waals surface area contributed by atoms with Crippen molar-refractivity contribution < 1.29 is 9.53 Å². The van der Waals surface area contributed by atoms with E-state index in [9.17, 15) is 4.79 Å². The van der Waals surface area contributed by atoms with Gasteiger partial charge in [-0.15, -0.1) is 0 Å². The standard InChI is InChI=1S/C41H77NO2/c1-6-9-11-12-13-14-18-21-29-39(36-41(43)40-31-33-42(5)34-32-40)30-22-19-16-15-17-20-26-37(4)44-35-24-23-28-38(25-8-3)27-10-7-2/h23-24,38-40H,4,6-22,25-36H2,1-3,5H3/b24-23-. The Labute approximate surface area is 276 Å². The third kappa shape index (κ3) is 23.3. The van der Waals surface area contributed by atoms with Gasteiger partial charge >= 0.3 is 0 Å². The smallest absolute Gasteiger partial charge is 0.136 e. The number of hydrogen-bond acceptors (Lipinski definition) is 3. The number of ketones is 1. The summed E-state index contributed by atoms with van der Waals surface area (Å²) in [7, 11) is 2.19. The van der Waals surface area contributed by atoms with E-state index in [2.05, 4.69) is 51.4 Å². The normalized spacial score (nSPS) is 16.0. The first-order valence-corrected chi connectivity index (χ1v) is 19.7. The maximum absolute atomic E-state index is 13.2. The van der Waals surface area contributed by atoms with Crippen LogP contribution in [0, 0.1) is 17.8 Å². The van der Waals surface area contributed by atoms with Crippen LogP contribution in [0.4, 0.5) is 0 Å². The molecule has 0 aromatic carbocycles. The maximum atomic E-state index is 13.2. The first kappa shape index (κ1) is 40.9. The molecule has 3 nitrogen and oxygen atoms in total. The van der Waals surface area contributed by atoms with Crippen molar-refractivity contribution in [2.75, 3.05) is 26.7 Å². The molecule has 0 aromatic rings. The molecule has 1 aliphatic rings. The Morgan fingerprint density at radius 3 is 1.84 bits per heavy atom. The van der Waals surface area contributed by atoms with Gasteiger partial charge in [0.25, 0.3) is 0 Å². The molecule has 3 heteroatoms. The third-order valence-corrected chi connectivity index (χ3v) is 10.1. The maximum Gasteiger partial charge on any atom is 0.136 e. The highest BCUT2D eigenvalue weighted by molar-refractivity contribution is 5.81. The van der Waals surface area contributed by atoms with Gasteiger partial charge in [0, 0.05) is 18.8 Å². The fourth-order valence-corrected chi connectivity index (χ4v) is 7.04. The first-order chi connectivity index (χ1) is 21.5. The van der Waals surface area contributed by atoms with Gasteiger partial charge in [-0.25, -0.2) is 0 Å². The summed E-state index contributed by atoms with van der Waals surface area (Å²) >= 11 is 0. The van der Waals surface area contributed by atoms with Crippen LogP contribution in [0.25, 0.3) is 0 Å². The minimum Gasteiger partial charge on any atom is -0.495 e. The van der Waals surface area contributed by atoms with Crippen molar-refractivity contribution in [3.8, 4) is 0 Å². The molecule has 2 unspecified atom stereocenters. The monoisotopic (exact) mass is 616 g/mol. The van der Waals surface area contributed by atoms with Gasteiger partial charge in [-0.05, 0) is 57.7 Å². The minimum atomic E-state index is 0.329. The van der Waals surface area contributed by atoms with Crippen LogP contribution in [0.2, 0.25) is 0 Å². The SMILES string of the molecule is C=C(CCCCCCCCC(CCCCCCCCCC)CC(=O)C1CCN(C)CC1)OC/C=C\CC(CCC)CCCC. The van der Waals surface area contributed by atoms with Crippen LogP contribution < -0.4 is 0 Å². The number of carbonyl (C=O) groups is 1. The fourth-order valence-electron chi connectivity index (χ4n) is 7.04. The first-order valence-electron chi connectivity index (χ1n) is 19.7. The summed E-state index contributed by atoms with van der Waals surface area (Å²) in [6, 6.07) is 0. The van der Waals surface area contributed by atoms with E-state index in [0.717, 1.165) is 50.4 Å². The Kier molecular flexibility index (Phi) is 27.3. The second-order valence-corrected chi connectivity index (χ2v) is 14.4. The Balaban J connectivity index is 2.19. The lowest BCUT2D eigenvalue weighted by Crippen LogP contribution is -2.34. The van der Waals surface area contributed by atoms with Gasteiger partial charge in [-0.2, -0.15) is 0 Å². The van der Waals surface area contributed by atoms with Crippen molar-refractivity contribution >= 4 is 5.78 Å². The molecule has 0 N–H and O–H groups in total. The van der Waals surface area contributed by atoms with Crippen molar-refractivity contribution in [3.63, 3.8) is 0 Å². The molecule has 1 rings (SSSR count). The molecule has 0 aromatic heterocycles. The van der Waals surface area contributed by atoms with E-state index in [-0.39, 0.29) is 0 Å². The van der Waals surface area contributed by atoms with Gasteiger partial charge in [0.05, 0.1) is 5.76 Å². The largest absolute Gasteiger partial charge is 0.495 e. The highest BCUT2D eigenvalue weighted by Gasteiger charge is 2.25. The lowest BCUT2D eigenvalue weighted by atomic mass is 9.84. The third-order valence-electron chi connectivity index (χ3n) is 10.1. The van der Waals surface area contributed by atoms with E-state index in [1.54, 1.807) is 0 Å². The van der Waals surface area contributed by atoms with Crippen LogP contribution >= 0.6 is 0 Å². The average molecular weight is 616 g/mol. The molecule has 1 fully saturated rings. The predicted molar refractivity (Wildman–Crippen MR) is 194 cm³/mol. The number of nitrogens with zero attached hydrogens (tertiary/aromatic N) is 1. The van der Waals surface area contributed by atoms with Crippen LogP contribution in [0.3, 0.4) is 0 Å². The Bertz CT molecular complexity index is 693. The number of carbonyl (C=O) groups excluding carboxylic acids is 1. The molecule has 0 spiro atoms. The summed E-state index contributed by atoms with van der Waals surface area (Å²) in [5.41, 5.74) is 0. The van der Waals surface area contributed by atoms with Crippen molar-refractivity contribution in [1.82, 2.24) is 4.90 Å². The molecule has 258 valence electrons. The van der Waals surface area contributed by atoms with Gasteiger partial charge in [0.15, 0.2) is 0 Å². The van der Waals surface area contributed by atoms with Crippen LogP contribution in [0.15, 0.2) is 24.5 Å². The molecule has 44 heavy (non-hydrogen) atoms. The number of likely N-dealkylation sites (tertiary alicyclic amines) is 1. The van der Waals surface area contributed by atoms with Crippen molar-refractivity contribution in [3.05, 3.63) is 24.5 Å². The van der Waals surface area contributed by atoms with Crippen molar-refractivity contribution in [2.45, 2.75) is 188 Å². The molecule has 0 bridgehead atoms. The van der Waals surface area contributed by atoms with Gasteiger partial charge in [-0.3, -0.25) is 4.79 Å². The van der Waals surface area contributed by atoms with Gasteiger partial charge in [-0.1, -0.05) is 168 Å². The lowest BCUT2D eigenvalue weighted by molar-refractivity contribution is -0.125. The number of Topliss-reactive ketones (excluding diaryl/α,β-unsaturated/α-hetero) is 1. The second-order valence-electron chi connectivity index (χ2n) is 14.4. The van der Waals surface area contributed by atoms with Crippen LogP contribution in [-0.2, 0) is 9.53 Å². The molecule has 2 atom stereocenters. The Morgan fingerprint density at radius 2 is 1.25 bits per heavy atom. The number of rotatable bonds is 31. The van der Waals surface area contributed by atoms with E-state index in [1.807, 2.05) is 0 Å². The van der Waals surface area contributed by atoms with E-state index in [1.165, 1.54) is 141 Å². The number of ether oxygens (including phenoxy) is 1. The van der Waals surface area contributed by atoms with E-state index >= 15 is 0 Å². The second kappa shape index (κ2) is 29.3. The summed E-state index contributed by atoms with van der Waals surface area (Å²) in [6.45, 7) is 13.9. The summed E-state index contributed by atoms with van der Waals surface area (Å²) in [5.74, 6) is 3.31. The van der Waals surface area contributed by atoms with Crippen LogP contribution in [-0.4, -0.2) is 37.4 Å². The van der Waals surface area contributed by atoms with Crippen molar-refractivity contribution in [2.24, 2.45) is 17.8 Å². The zero-order valence-electron chi connectivity index (χ0n) is 30.4. The van der Waals surface area contributed by atoms with Crippen LogP contribution in [0.1, 0.15) is 188 Å². The highest BCUT2D eigenvalue weighted by atomic mass is 16.5. The van der Waals surface area contributed by atoms with Gasteiger partial charge in [0.2, 0.25) is 0 Å². The molecule has 0 amide bonds. The van der Waals surface area contributed by atoms with E-state index in [0.29, 0.717) is 24.2 Å². The summed E-state index contributed by atoms with van der Waals surface area (Å²) < 4.78 is 5.88. The fraction of sp³-hybridized carbons (Fsp3) is 0.878. The lowest BCUT2D eigenvalue weighted by Gasteiger charge is -2.29. The molecule has 1 saturated heterocycles. The highest BCUT2D eigenvalue weighted by Crippen LogP contribution is 2.27. The van der Waals surface area contributed by atoms with E-state index < -0.39 is 0 Å². The van der Waals surface area contributed by atoms with E-state index in [4.69, 9.17) is 4.74 Å².